The molecule has 3 unspecified atom stereocenters. The predicted molar refractivity (Wildman–Crippen MR) is 103 cm³/mol. The van der Waals surface area contributed by atoms with Crippen LogP contribution >= 0.6 is 0 Å². The highest BCUT2D eigenvalue weighted by Gasteiger charge is 2.49. The van der Waals surface area contributed by atoms with E-state index in [1.54, 1.807) is 0 Å². The van der Waals surface area contributed by atoms with Gasteiger partial charge >= 0.3 is 0 Å². The molecule has 0 N–H and O–H groups in total. The van der Waals surface area contributed by atoms with Gasteiger partial charge in [0.1, 0.15) is 11.6 Å². The third-order valence-corrected chi connectivity index (χ3v) is 6.13. The molecule has 2 saturated carbocycles. The molecular formula is C22H27N3O2. The molecule has 0 radical (unpaired) electrons. The van der Waals surface area contributed by atoms with Crippen LogP contribution in [0.25, 0.3) is 0 Å². The monoisotopic (exact) mass is 365 g/mol. The summed E-state index contributed by atoms with van der Waals surface area (Å²) in [7, 11) is 0. The summed E-state index contributed by atoms with van der Waals surface area (Å²) in [5.74, 6) is 3.61. The molecule has 5 nitrogen and oxygen atoms in total. The molecule has 0 aromatic carbocycles. The van der Waals surface area contributed by atoms with Crippen molar-refractivity contribution in [2.75, 3.05) is 6.61 Å². The lowest BCUT2D eigenvalue weighted by Crippen LogP contribution is -2.15. The average Bonchev–Trinajstić information content (AvgIpc) is 3.31. The third-order valence-electron chi connectivity index (χ3n) is 6.13. The highest BCUT2D eigenvalue weighted by Crippen LogP contribution is 2.53. The minimum absolute atomic E-state index is 0.324. The van der Waals surface area contributed by atoms with Crippen molar-refractivity contribution in [3.8, 4) is 5.88 Å². The Hall–Kier alpha value is -2.30. The van der Waals surface area contributed by atoms with E-state index in [1.807, 2.05) is 19.3 Å². The Kier molecular flexibility index (Phi) is 4.94. The second-order valence-corrected chi connectivity index (χ2v) is 8.11. The molecule has 0 bridgehead atoms. The van der Waals surface area contributed by atoms with Crippen molar-refractivity contribution in [1.29, 1.82) is 0 Å². The van der Waals surface area contributed by atoms with Crippen LogP contribution < -0.4 is 4.74 Å². The Balaban J connectivity index is 1.44. The zero-order chi connectivity index (χ0) is 19.0. The van der Waals surface area contributed by atoms with Crippen molar-refractivity contribution in [3.05, 3.63) is 47.2 Å². The van der Waals surface area contributed by atoms with E-state index in [1.165, 1.54) is 5.56 Å². The SMILES string of the molecule is Cc1ccc(C2C(C)C2COc2nc(C)ncc2C2CCC(=O)CC2)nc1. The summed E-state index contributed by atoms with van der Waals surface area (Å²) in [6.07, 6.45) is 6.88. The molecule has 0 spiro atoms. The summed E-state index contributed by atoms with van der Waals surface area (Å²) >= 11 is 0. The van der Waals surface area contributed by atoms with Gasteiger partial charge in [0.25, 0.3) is 0 Å². The normalized spacial score (nSPS) is 25.4. The topological polar surface area (TPSA) is 65.0 Å². The molecular weight excluding hydrogens is 338 g/mol. The van der Waals surface area contributed by atoms with E-state index in [9.17, 15) is 4.79 Å². The summed E-state index contributed by atoms with van der Waals surface area (Å²) in [6, 6.07) is 4.26. The molecule has 0 amide bonds. The van der Waals surface area contributed by atoms with Crippen LogP contribution in [0.1, 0.15) is 67.1 Å². The highest BCUT2D eigenvalue weighted by atomic mass is 16.5. The quantitative estimate of drug-likeness (QED) is 0.796. The molecule has 2 heterocycles. The maximum absolute atomic E-state index is 11.6. The molecule has 142 valence electrons. The first-order valence-corrected chi connectivity index (χ1v) is 9.93. The number of ketones is 1. The first kappa shape index (κ1) is 18.1. The number of carbonyl (C=O) groups is 1. The van der Waals surface area contributed by atoms with Gasteiger partial charge in [-0.05, 0) is 50.2 Å². The predicted octanol–water partition coefficient (Wildman–Crippen LogP) is 4.14. The van der Waals surface area contributed by atoms with E-state index in [0.29, 0.717) is 54.8 Å². The van der Waals surface area contributed by atoms with Crippen LogP contribution in [0.5, 0.6) is 5.88 Å². The highest BCUT2D eigenvalue weighted by molar-refractivity contribution is 5.79. The fraction of sp³-hybridized carbons (Fsp3) is 0.545. The van der Waals surface area contributed by atoms with Crippen LogP contribution in [0.4, 0.5) is 0 Å². The standard InChI is InChI=1S/C22H27N3O2/c1-13-4-9-20(24-10-13)21-14(2)19(21)12-27-22-18(11-23-15(3)25-22)16-5-7-17(26)8-6-16/h4,9-11,14,16,19,21H,5-8,12H2,1-3H3. The lowest BCUT2D eigenvalue weighted by atomic mass is 9.84. The maximum atomic E-state index is 11.6. The van der Waals surface area contributed by atoms with Crippen LogP contribution in [0.3, 0.4) is 0 Å². The molecule has 0 aliphatic heterocycles. The largest absolute Gasteiger partial charge is 0.477 e. The molecule has 27 heavy (non-hydrogen) atoms. The van der Waals surface area contributed by atoms with E-state index in [0.717, 1.165) is 29.9 Å². The lowest BCUT2D eigenvalue weighted by molar-refractivity contribution is -0.120. The number of Topliss-reactive ketones (excluding diaryl/α,β-unsaturated/α-hetero) is 1. The number of rotatable bonds is 5. The van der Waals surface area contributed by atoms with Crippen LogP contribution in [-0.4, -0.2) is 27.3 Å². The Morgan fingerprint density at radius 2 is 1.89 bits per heavy atom. The Labute approximate surface area is 160 Å². The summed E-state index contributed by atoms with van der Waals surface area (Å²) in [4.78, 5) is 25.1. The van der Waals surface area contributed by atoms with E-state index in [4.69, 9.17) is 4.74 Å². The number of aromatic nitrogens is 3. The molecule has 0 saturated heterocycles. The van der Waals surface area contributed by atoms with Gasteiger partial charge in [-0.3, -0.25) is 9.78 Å². The van der Waals surface area contributed by atoms with Crippen molar-refractivity contribution in [2.24, 2.45) is 11.8 Å². The van der Waals surface area contributed by atoms with Crippen molar-refractivity contribution in [3.63, 3.8) is 0 Å². The molecule has 2 fully saturated rings. The van der Waals surface area contributed by atoms with Gasteiger partial charge in [0, 0.05) is 48.3 Å². The van der Waals surface area contributed by atoms with Crippen LogP contribution in [0.15, 0.2) is 24.5 Å². The second-order valence-electron chi connectivity index (χ2n) is 8.11. The molecule has 5 heteroatoms. The van der Waals surface area contributed by atoms with Crippen LogP contribution in [-0.2, 0) is 4.79 Å². The first-order valence-electron chi connectivity index (χ1n) is 9.93. The van der Waals surface area contributed by atoms with Crippen molar-refractivity contribution in [2.45, 2.75) is 58.3 Å². The van der Waals surface area contributed by atoms with E-state index < -0.39 is 0 Å². The minimum Gasteiger partial charge on any atom is -0.477 e. The summed E-state index contributed by atoms with van der Waals surface area (Å²) in [6.45, 7) is 6.86. The first-order chi connectivity index (χ1) is 13.0. The zero-order valence-electron chi connectivity index (χ0n) is 16.3. The van der Waals surface area contributed by atoms with E-state index in [2.05, 4.69) is 40.9 Å². The van der Waals surface area contributed by atoms with Crippen LogP contribution in [0, 0.1) is 25.7 Å². The molecule has 3 atom stereocenters. The Morgan fingerprint density at radius 3 is 2.59 bits per heavy atom. The summed E-state index contributed by atoms with van der Waals surface area (Å²) in [5, 5.41) is 0. The van der Waals surface area contributed by atoms with Crippen LogP contribution in [0.2, 0.25) is 0 Å². The third kappa shape index (κ3) is 3.87. The Morgan fingerprint density at radius 1 is 1.11 bits per heavy atom. The average molecular weight is 365 g/mol. The van der Waals surface area contributed by atoms with Gasteiger partial charge in [-0.1, -0.05) is 13.0 Å². The van der Waals surface area contributed by atoms with Gasteiger partial charge in [-0.15, -0.1) is 0 Å². The molecule has 4 rings (SSSR count). The van der Waals surface area contributed by atoms with Crippen molar-refractivity contribution >= 4 is 5.78 Å². The van der Waals surface area contributed by atoms with Gasteiger partial charge in [-0.25, -0.2) is 4.98 Å². The smallest absolute Gasteiger partial charge is 0.220 e. The fourth-order valence-corrected chi connectivity index (χ4v) is 4.25. The van der Waals surface area contributed by atoms with E-state index >= 15 is 0 Å². The lowest BCUT2D eigenvalue weighted by Gasteiger charge is -2.22. The van der Waals surface area contributed by atoms with Gasteiger partial charge < -0.3 is 4.74 Å². The summed E-state index contributed by atoms with van der Waals surface area (Å²) < 4.78 is 6.20. The number of carbonyl (C=O) groups excluding carboxylic acids is 1. The van der Waals surface area contributed by atoms with Gasteiger partial charge in [-0.2, -0.15) is 4.98 Å². The number of aryl methyl sites for hydroxylation is 2. The molecule has 2 aromatic rings. The second kappa shape index (κ2) is 7.37. The van der Waals surface area contributed by atoms with E-state index in [-0.39, 0.29) is 0 Å². The fourth-order valence-electron chi connectivity index (χ4n) is 4.25. The minimum atomic E-state index is 0.324. The maximum Gasteiger partial charge on any atom is 0.220 e. The molecule has 2 aliphatic rings. The van der Waals surface area contributed by atoms with Crippen molar-refractivity contribution in [1.82, 2.24) is 15.0 Å². The van der Waals surface area contributed by atoms with Gasteiger partial charge in [0.05, 0.1) is 6.61 Å². The number of hydrogen-bond acceptors (Lipinski definition) is 5. The number of hydrogen-bond donors (Lipinski definition) is 0. The number of ether oxygens (including phenoxy) is 1. The van der Waals surface area contributed by atoms with Gasteiger partial charge in [0.2, 0.25) is 5.88 Å². The zero-order valence-corrected chi connectivity index (χ0v) is 16.3. The molecule has 2 aromatic heterocycles. The van der Waals surface area contributed by atoms with Crippen molar-refractivity contribution < 1.29 is 9.53 Å². The summed E-state index contributed by atoms with van der Waals surface area (Å²) in [5.41, 5.74) is 3.41. The molecule has 2 aliphatic carbocycles. The number of nitrogens with zero attached hydrogens (tertiary/aromatic N) is 3. The Bertz CT molecular complexity index is 824. The number of pyridine rings is 1. The van der Waals surface area contributed by atoms with Gasteiger partial charge in [0.15, 0.2) is 0 Å².